The van der Waals surface area contributed by atoms with Gasteiger partial charge in [-0.05, 0) is 20.3 Å². The van der Waals surface area contributed by atoms with Crippen LogP contribution >= 0.6 is 0 Å². The van der Waals surface area contributed by atoms with Crippen molar-refractivity contribution in [3.63, 3.8) is 0 Å². The highest BCUT2D eigenvalue weighted by Crippen LogP contribution is 2.31. The Labute approximate surface area is 116 Å². The minimum absolute atomic E-state index is 0.0155. The van der Waals surface area contributed by atoms with Gasteiger partial charge in [0.1, 0.15) is 5.69 Å². The summed E-state index contributed by atoms with van der Waals surface area (Å²) in [4.78, 5) is 10.8. The molecule has 2 heterocycles. The lowest BCUT2D eigenvalue weighted by atomic mass is 10.3. The maximum Gasteiger partial charge on any atom is 0.334 e. The minimum atomic E-state index is -0.400. The summed E-state index contributed by atoms with van der Waals surface area (Å²) < 4.78 is 3.30. The van der Waals surface area contributed by atoms with E-state index in [-0.39, 0.29) is 5.69 Å². The Hall–Kier alpha value is -2.38. The zero-order valence-electron chi connectivity index (χ0n) is 12.0. The Balaban J connectivity index is 2.47. The van der Waals surface area contributed by atoms with Gasteiger partial charge in [-0.25, -0.2) is 4.68 Å². The molecule has 8 nitrogen and oxygen atoms in total. The van der Waals surface area contributed by atoms with Crippen LogP contribution in [-0.4, -0.2) is 24.5 Å². The molecule has 0 bridgehead atoms. The summed E-state index contributed by atoms with van der Waals surface area (Å²) >= 11 is 0. The van der Waals surface area contributed by atoms with Gasteiger partial charge in [0.25, 0.3) is 0 Å². The number of aromatic nitrogens is 4. The molecule has 108 valence electrons. The van der Waals surface area contributed by atoms with Crippen LogP contribution in [0.25, 0.3) is 0 Å². The first-order valence-corrected chi connectivity index (χ1v) is 6.43. The molecule has 0 fully saturated rings. The number of nitro groups is 1. The van der Waals surface area contributed by atoms with Gasteiger partial charge in [0.15, 0.2) is 0 Å². The van der Waals surface area contributed by atoms with Crippen molar-refractivity contribution in [1.82, 2.24) is 19.6 Å². The second-order valence-corrected chi connectivity index (χ2v) is 4.69. The summed E-state index contributed by atoms with van der Waals surface area (Å²) in [5.41, 5.74) is 1.95. The van der Waals surface area contributed by atoms with Crippen LogP contribution in [0.15, 0.2) is 6.20 Å². The Kier molecular flexibility index (Phi) is 3.73. The van der Waals surface area contributed by atoms with Crippen LogP contribution in [-0.2, 0) is 13.6 Å². The SMILES string of the molecule is CCCn1nc(C)c([N+](=O)[O-])c1Nc1cn(C)nc1C. The molecule has 0 radical (unpaired) electrons. The van der Waals surface area contributed by atoms with Gasteiger partial charge >= 0.3 is 5.69 Å². The second kappa shape index (κ2) is 5.32. The summed E-state index contributed by atoms with van der Waals surface area (Å²) in [5.74, 6) is 0.408. The molecule has 0 atom stereocenters. The number of aryl methyl sites for hydroxylation is 4. The summed E-state index contributed by atoms with van der Waals surface area (Å²) in [6, 6.07) is 0. The van der Waals surface area contributed by atoms with Crippen molar-refractivity contribution in [3.05, 3.63) is 27.7 Å². The molecule has 2 rings (SSSR count). The molecular weight excluding hydrogens is 260 g/mol. The van der Waals surface area contributed by atoms with Crippen LogP contribution in [0.5, 0.6) is 0 Å². The lowest BCUT2D eigenvalue weighted by Crippen LogP contribution is -2.06. The van der Waals surface area contributed by atoms with Gasteiger partial charge in [0, 0.05) is 19.8 Å². The van der Waals surface area contributed by atoms with Crippen LogP contribution in [0.2, 0.25) is 0 Å². The molecule has 0 spiro atoms. The van der Waals surface area contributed by atoms with Crippen LogP contribution in [0.1, 0.15) is 24.7 Å². The van der Waals surface area contributed by atoms with E-state index in [4.69, 9.17) is 0 Å². The van der Waals surface area contributed by atoms with Crippen molar-refractivity contribution in [2.75, 3.05) is 5.32 Å². The first kappa shape index (κ1) is 14.0. The molecule has 20 heavy (non-hydrogen) atoms. The highest BCUT2D eigenvalue weighted by atomic mass is 16.6. The van der Waals surface area contributed by atoms with Crippen LogP contribution < -0.4 is 5.32 Å². The van der Waals surface area contributed by atoms with E-state index in [2.05, 4.69) is 15.5 Å². The smallest absolute Gasteiger partial charge is 0.332 e. The third-order valence-corrected chi connectivity index (χ3v) is 2.98. The largest absolute Gasteiger partial charge is 0.334 e. The molecule has 0 aliphatic heterocycles. The maximum atomic E-state index is 11.2. The molecule has 0 aliphatic rings. The fraction of sp³-hybridized carbons (Fsp3) is 0.500. The summed E-state index contributed by atoms with van der Waals surface area (Å²) in [7, 11) is 1.81. The lowest BCUT2D eigenvalue weighted by Gasteiger charge is -2.07. The predicted octanol–water partition coefficient (Wildman–Crippen LogP) is 2.30. The second-order valence-electron chi connectivity index (χ2n) is 4.69. The van der Waals surface area contributed by atoms with Crippen molar-refractivity contribution in [3.8, 4) is 0 Å². The number of anilines is 2. The summed E-state index contributed by atoms with van der Waals surface area (Å²) in [6.45, 7) is 6.12. The topological polar surface area (TPSA) is 90.8 Å². The number of nitrogens with one attached hydrogen (secondary N) is 1. The van der Waals surface area contributed by atoms with E-state index < -0.39 is 4.92 Å². The van der Waals surface area contributed by atoms with E-state index in [1.54, 1.807) is 29.5 Å². The fourth-order valence-electron chi connectivity index (χ4n) is 2.14. The van der Waals surface area contributed by atoms with Gasteiger partial charge in [0.2, 0.25) is 5.82 Å². The predicted molar refractivity (Wildman–Crippen MR) is 75.1 cm³/mol. The van der Waals surface area contributed by atoms with Crippen LogP contribution in [0.3, 0.4) is 0 Å². The minimum Gasteiger partial charge on any atom is -0.332 e. The Bertz CT molecular complexity index is 643. The van der Waals surface area contributed by atoms with Gasteiger partial charge in [0.05, 0.1) is 16.3 Å². The third-order valence-electron chi connectivity index (χ3n) is 2.98. The number of hydrogen-bond donors (Lipinski definition) is 1. The van der Waals surface area contributed by atoms with Crippen molar-refractivity contribution >= 4 is 17.2 Å². The van der Waals surface area contributed by atoms with E-state index in [0.717, 1.165) is 17.8 Å². The number of hydrogen-bond acceptors (Lipinski definition) is 5. The number of rotatable bonds is 5. The van der Waals surface area contributed by atoms with Crippen molar-refractivity contribution in [2.45, 2.75) is 33.7 Å². The van der Waals surface area contributed by atoms with E-state index in [1.807, 2.05) is 13.8 Å². The Morgan fingerprint density at radius 1 is 1.35 bits per heavy atom. The van der Waals surface area contributed by atoms with Crippen LogP contribution in [0, 0.1) is 24.0 Å². The zero-order valence-corrected chi connectivity index (χ0v) is 12.0. The molecule has 0 saturated carbocycles. The van der Waals surface area contributed by atoms with Crippen molar-refractivity contribution in [2.24, 2.45) is 7.05 Å². The fourth-order valence-corrected chi connectivity index (χ4v) is 2.14. The highest BCUT2D eigenvalue weighted by molar-refractivity contribution is 5.68. The molecule has 0 saturated heterocycles. The molecular formula is C12H18N6O2. The third kappa shape index (κ3) is 2.49. The first-order valence-electron chi connectivity index (χ1n) is 6.43. The standard InChI is InChI=1S/C12H18N6O2/c1-5-6-17-12(11(18(19)20)9(3)15-17)13-10-7-16(4)14-8(10)2/h7,13H,5-6H2,1-4H3. The van der Waals surface area contributed by atoms with Gasteiger partial charge in [-0.2, -0.15) is 10.2 Å². The van der Waals surface area contributed by atoms with E-state index in [0.29, 0.717) is 18.1 Å². The van der Waals surface area contributed by atoms with Gasteiger partial charge in [-0.3, -0.25) is 14.8 Å². The quantitative estimate of drug-likeness (QED) is 0.669. The highest BCUT2D eigenvalue weighted by Gasteiger charge is 2.25. The van der Waals surface area contributed by atoms with Gasteiger partial charge in [-0.15, -0.1) is 0 Å². The van der Waals surface area contributed by atoms with E-state index >= 15 is 0 Å². The zero-order chi connectivity index (χ0) is 14.9. The van der Waals surface area contributed by atoms with E-state index in [1.165, 1.54) is 0 Å². The molecule has 0 amide bonds. The molecule has 1 N–H and O–H groups in total. The molecule has 0 aromatic carbocycles. The van der Waals surface area contributed by atoms with E-state index in [9.17, 15) is 10.1 Å². The normalized spacial score (nSPS) is 10.8. The molecule has 0 unspecified atom stereocenters. The van der Waals surface area contributed by atoms with Crippen molar-refractivity contribution in [1.29, 1.82) is 0 Å². The molecule has 0 aliphatic carbocycles. The monoisotopic (exact) mass is 278 g/mol. The summed E-state index contributed by atoms with van der Waals surface area (Å²) in [6.07, 6.45) is 2.64. The van der Waals surface area contributed by atoms with Crippen molar-refractivity contribution < 1.29 is 4.92 Å². The average Bonchev–Trinajstić information content (AvgIpc) is 2.81. The molecule has 2 aromatic heterocycles. The van der Waals surface area contributed by atoms with Gasteiger partial charge < -0.3 is 5.32 Å². The Morgan fingerprint density at radius 2 is 2.05 bits per heavy atom. The average molecular weight is 278 g/mol. The maximum absolute atomic E-state index is 11.2. The number of nitrogens with zero attached hydrogens (tertiary/aromatic N) is 5. The van der Waals surface area contributed by atoms with Gasteiger partial charge in [-0.1, -0.05) is 6.92 Å². The molecule has 8 heteroatoms. The lowest BCUT2D eigenvalue weighted by molar-refractivity contribution is -0.384. The molecule has 2 aromatic rings. The van der Waals surface area contributed by atoms with Crippen LogP contribution in [0.4, 0.5) is 17.2 Å². The first-order chi connectivity index (χ1) is 9.43. The summed E-state index contributed by atoms with van der Waals surface area (Å²) in [5, 5.41) is 22.8. The Morgan fingerprint density at radius 3 is 2.55 bits per heavy atom.